The van der Waals surface area contributed by atoms with Gasteiger partial charge in [0.2, 0.25) is 0 Å². The summed E-state index contributed by atoms with van der Waals surface area (Å²) in [6, 6.07) is 10.4. The third-order valence-corrected chi connectivity index (χ3v) is 6.11. The Morgan fingerprint density at radius 2 is 1.85 bits per heavy atom. The van der Waals surface area contributed by atoms with Crippen molar-refractivity contribution in [2.75, 3.05) is 0 Å². The first kappa shape index (κ1) is 12.6. The molecule has 2 bridgehead atoms. The number of benzene rings is 1. The maximum absolute atomic E-state index is 12.7. The van der Waals surface area contributed by atoms with Crippen LogP contribution in [0.15, 0.2) is 30.3 Å². The Labute approximate surface area is 120 Å². The van der Waals surface area contributed by atoms with Crippen LogP contribution in [0.2, 0.25) is 0 Å². The number of rotatable bonds is 1. The molecular weight excluding hydrogens is 248 g/mol. The minimum atomic E-state index is -0.719. The van der Waals surface area contributed by atoms with Crippen molar-refractivity contribution in [1.82, 2.24) is 0 Å². The van der Waals surface area contributed by atoms with E-state index in [9.17, 15) is 9.90 Å². The lowest BCUT2D eigenvalue weighted by molar-refractivity contribution is -0.156. The average Bonchev–Trinajstić information content (AvgIpc) is 2.78. The molecule has 0 aliphatic heterocycles. The lowest BCUT2D eigenvalue weighted by Gasteiger charge is -2.51. The van der Waals surface area contributed by atoms with E-state index in [1.807, 2.05) is 6.07 Å². The second-order valence-electron chi connectivity index (χ2n) is 6.92. The Balaban J connectivity index is 1.82. The number of fused-ring (bicyclic) bond motifs is 4. The van der Waals surface area contributed by atoms with E-state index in [2.05, 4.69) is 24.3 Å². The topological polar surface area (TPSA) is 37.3 Å². The third-order valence-electron chi connectivity index (χ3n) is 6.11. The molecule has 3 aliphatic carbocycles. The molecule has 1 aromatic carbocycles. The van der Waals surface area contributed by atoms with Gasteiger partial charge in [-0.15, -0.1) is 0 Å². The number of Topliss-reactive ketones (excluding diaryl/α,β-unsaturated/α-hetero) is 1. The standard InChI is InChI=1S/C18H22O2/c19-17-13-9-10-15(17)18(20)11-5-4-8-14(18)16(13)12-6-2-1-3-7-12/h1-3,6-7,13-16,20H,4-5,8-11H2/t13-,14+,15-,16-,18-/m0/s1. The molecule has 2 heteroatoms. The molecule has 3 aliphatic rings. The summed E-state index contributed by atoms with van der Waals surface area (Å²) >= 11 is 0. The van der Waals surface area contributed by atoms with E-state index in [0.29, 0.717) is 5.78 Å². The van der Waals surface area contributed by atoms with E-state index >= 15 is 0 Å². The van der Waals surface area contributed by atoms with Crippen LogP contribution in [0.3, 0.4) is 0 Å². The second-order valence-corrected chi connectivity index (χ2v) is 6.92. The number of ketones is 1. The minimum Gasteiger partial charge on any atom is -0.389 e. The molecule has 0 aromatic heterocycles. The molecule has 0 spiro atoms. The summed E-state index contributed by atoms with van der Waals surface area (Å²) in [7, 11) is 0. The number of carbonyl (C=O) groups excluding carboxylic acids is 1. The predicted molar refractivity (Wildman–Crippen MR) is 77.3 cm³/mol. The first-order valence-corrected chi connectivity index (χ1v) is 8.03. The zero-order valence-electron chi connectivity index (χ0n) is 11.8. The van der Waals surface area contributed by atoms with Crippen molar-refractivity contribution >= 4 is 5.78 Å². The summed E-state index contributed by atoms with van der Waals surface area (Å²) in [6.07, 6.45) is 6.05. The highest BCUT2D eigenvalue weighted by molar-refractivity contribution is 5.89. The molecule has 0 amide bonds. The molecule has 3 saturated carbocycles. The fourth-order valence-electron chi connectivity index (χ4n) is 5.29. The molecule has 0 radical (unpaired) electrons. The highest BCUT2D eigenvalue weighted by Crippen LogP contribution is 2.59. The monoisotopic (exact) mass is 270 g/mol. The van der Waals surface area contributed by atoms with E-state index < -0.39 is 5.60 Å². The zero-order valence-corrected chi connectivity index (χ0v) is 11.8. The van der Waals surface area contributed by atoms with Gasteiger partial charge in [0.15, 0.2) is 0 Å². The van der Waals surface area contributed by atoms with Gasteiger partial charge in [-0.05, 0) is 43.1 Å². The van der Waals surface area contributed by atoms with Crippen LogP contribution in [0, 0.1) is 17.8 Å². The van der Waals surface area contributed by atoms with Crippen molar-refractivity contribution in [1.29, 1.82) is 0 Å². The van der Waals surface area contributed by atoms with Crippen molar-refractivity contribution in [3.63, 3.8) is 0 Å². The lowest BCUT2D eigenvalue weighted by Crippen LogP contribution is -2.56. The van der Waals surface area contributed by atoms with Crippen molar-refractivity contribution in [3.05, 3.63) is 35.9 Å². The Hall–Kier alpha value is -1.15. The number of aliphatic hydroxyl groups is 1. The molecule has 2 nitrogen and oxygen atoms in total. The van der Waals surface area contributed by atoms with E-state index in [0.717, 1.165) is 32.1 Å². The summed E-state index contributed by atoms with van der Waals surface area (Å²) in [5, 5.41) is 11.3. The molecule has 20 heavy (non-hydrogen) atoms. The quantitative estimate of drug-likeness (QED) is 0.850. The number of hydrogen-bond donors (Lipinski definition) is 1. The predicted octanol–water partition coefficient (Wildman–Crippen LogP) is 3.30. The number of carbonyl (C=O) groups is 1. The normalized spacial score (nSPS) is 43.4. The lowest BCUT2D eigenvalue weighted by atomic mass is 9.56. The molecule has 0 saturated heterocycles. The Bertz CT molecular complexity index is 523. The van der Waals surface area contributed by atoms with Crippen LogP contribution < -0.4 is 0 Å². The summed E-state index contributed by atoms with van der Waals surface area (Å²) in [4.78, 5) is 12.7. The maximum Gasteiger partial charge on any atom is 0.142 e. The van der Waals surface area contributed by atoms with Crippen molar-refractivity contribution in [3.8, 4) is 0 Å². The van der Waals surface area contributed by atoms with Gasteiger partial charge < -0.3 is 5.11 Å². The van der Waals surface area contributed by atoms with Crippen molar-refractivity contribution < 1.29 is 9.90 Å². The summed E-state index contributed by atoms with van der Waals surface area (Å²) in [5.41, 5.74) is 0.541. The highest BCUT2D eigenvalue weighted by atomic mass is 16.3. The summed E-state index contributed by atoms with van der Waals surface area (Å²) < 4.78 is 0. The van der Waals surface area contributed by atoms with Gasteiger partial charge in [0, 0.05) is 11.8 Å². The van der Waals surface area contributed by atoms with E-state index in [1.165, 1.54) is 12.0 Å². The largest absolute Gasteiger partial charge is 0.389 e. The zero-order chi connectivity index (χ0) is 13.7. The van der Waals surface area contributed by atoms with Gasteiger partial charge in [0.05, 0.1) is 5.60 Å². The van der Waals surface area contributed by atoms with Crippen LogP contribution in [-0.4, -0.2) is 16.5 Å². The van der Waals surface area contributed by atoms with Crippen LogP contribution in [-0.2, 0) is 4.79 Å². The van der Waals surface area contributed by atoms with Crippen molar-refractivity contribution in [2.45, 2.75) is 50.0 Å². The molecule has 3 fully saturated rings. The molecule has 0 heterocycles. The molecule has 4 rings (SSSR count). The molecule has 106 valence electrons. The number of hydrogen-bond acceptors (Lipinski definition) is 2. The van der Waals surface area contributed by atoms with Gasteiger partial charge in [-0.3, -0.25) is 4.79 Å². The molecule has 5 atom stereocenters. The third kappa shape index (κ3) is 1.57. The Morgan fingerprint density at radius 1 is 1.05 bits per heavy atom. The second kappa shape index (κ2) is 4.42. The Kier molecular flexibility index (Phi) is 2.78. The smallest absolute Gasteiger partial charge is 0.142 e. The first-order valence-electron chi connectivity index (χ1n) is 8.03. The fourth-order valence-corrected chi connectivity index (χ4v) is 5.29. The van der Waals surface area contributed by atoms with Crippen LogP contribution in [0.1, 0.15) is 50.0 Å². The van der Waals surface area contributed by atoms with E-state index in [1.54, 1.807) is 0 Å². The fraction of sp³-hybridized carbons (Fsp3) is 0.611. The van der Waals surface area contributed by atoms with Crippen LogP contribution in [0.25, 0.3) is 0 Å². The van der Waals surface area contributed by atoms with Gasteiger partial charge >= 0.3 is 0 Å². The highest BCUT2D eigenvalue weighted by Gasteiger charge is 2.61. The maximum atomic E-state index is 12.7. The van der Waals surface area contributed by atoms with Crippen LogP contribution >= 0.6 is 0 Å². The average molecular weight is 270 g/mol. The minimum absolute atomic E-state index is 0.0715. The molecule has 1 aromatic rings. The van der Waals surface area contributed by atoms with Crippen LogP contribution in [0.4, 0.5) is 0 Å². The molecule has 0 unspecified atom stereocenters. The van der Waals surface area contributed by atoms with Gasteiger partial charge in [-0.1, -0.05) is 43.2 Å². The van der Waals surface area contributed by atoms with E-state index in [4.69, 9.17) is 0 Å². The van der Waals surface area contributed by atoms with E-state index in [-0.39, 0.29) is 23.7 Å². The van der Waals surface area contributed by atoms with Gasteiger partial charge in [-0.25, -0.2) is 0 Å². The molecule has 1 N–H and O–H groups in total. The summed E-state index contributed by atoms with van der Waals surface area (Å²) in [5.74, 6) is 0.963. The van der Waals surface area contributed by atoms with Crippen molar-refractivity contribution in [2.24, 2.45) is 17.8 Å². The molecular formula is C18H22O2. The Morgan fingerprint density at radius 3 is 2.65 bits per heavy atom. The first-order chi connectivity index (χ1) is 9.72. The summed E-state index contributed by atoms with van der Waals surface area (Å²) in [6.45, 7) is 0. The van der Waals surface area contributed by atoms with Crippen LogP contribution in [0.5, 0.6) is 0 Å². The van der Waals surface area contributed by atoms with Gasteiger partial charge in [0.1, 0.15) is 5.78 Å². The van der Waals surface area contributed by atoms with Gasteiger partial charge in [-0.2, -0.15) is 0 Å². The van der Waals surface area contributed by atoms with Gasteiger partial charge in [0.25, 0.3) is 0 Å². The SMILES string of the molecule is O=C1[C@H]2CC[C@@H]1[C@]1(O)CCCC[C@@H]1[C@H]2c1ccccc1.